The largest absolute Gasteiger partial charge is 0.494 e. The molecule has 0 saturated heterocycles. The van der Waals surface area contributed by atoms with Crippen LogP contribution in [0.15, 0.2) is 95.2 Å². The average Bonchev–Trinajstić information content (AvgIpc) is 2.92. The number of benzene rings is 4. The van der Waals surface area contributed by atoms with E-state index in [1.807, 2.05) is 55.5 Å². The zero-order valence-electron chi connectivity index (χ0n) is 20.6. The van der Waals surface area contributed by atoms with Crippen LogP contribution in [0.5, 0.6) is 17.2 Å². The minimum absolute atomic E-state index is 0.433. The molecule has 6 heteroatoms. The fourth-order valence-corrected chi connectivity index (χ4v) is 3.55. The zero-order chi connectivity index (χ0) is 25.2. The first-order chi connectivity index (χ1) is 17.7. The van der Waals surface area contributed by atoms with Gasteiger partial charge in [0.15, 0.2) is 0 Å². The second-order valence-corrected chi connectivity index (χ2v) is 8.29. The van der Waals surface area contributed by atoms with E-state index in [-0.39, 0.29) is 0 Å². The molecule has 0 aliphatic rings. The Bertz CT molecular complexity index is 1320. The molecule has 184 valence electrons. The lowest BCUT2D eigenvalue weighted by molar-refractivity contribution is 0.0737. The van der Waals surface area contributed by atoms with E-state index in [0.717, 1.165) is 47.2 Å². The van der Waals surface area contributed by atoms with E-state index in [4.69, 9.17) is 14.2 Å². The lowest BCUT2D eigenvalue weighted by Gasteiger charge is -2.10. The lowest BCUT2D eigenvalue weighted by atomic mass is 10.1. The number of carbonyl (C=O) groups excluding carboxylic acids is 1. The van der Waals surface area contributed by atoms with Gasteiger partial charge in [-0.25, -0.2) is 4.79 Å². The van der Waals surface area contributed by atoms with E-state index >= 15 is 0 Å². The maximum Gasteiger partial charge on any atom is 0.343 e. The zero-order valence-corrected chi connectivity index (χ0v) is 20.6. The van der Waals surface area contributed by atoms with Gasteiger partial charge in [-0.1, -0.05) is 44.5 Å². The molecule has 0 bridgehead atoms. The van der Waals surface area contributed by atoms with Gasteiger partial charge in [-0.05, 0) is 73.5 Å². The highest BCUT2D eigenvalue weighted by Gasteiger charge is 2.13. The maximum atomic E-state index is 12.8. The Hall–Kier alpha value is -4.19. The summed E-state index contributed by atoms with van der Waals surface area (Å²) < 4.78 is 17.0. The fraction of sp³-hybridized carbons (Fsp3) is 0.233. The van der Waals surface area contributed by atoms with Gasteiger partial charge >= 0.3 is 5.97 Å². The number of hydrogen-bond donors (Lipinski definition) is 0. The summed E-state index contributed by atoms with van der Waals surface area (Å²) in [5.41, 5.74) is 1.86. The van der Waals surface area contributed by atoms with Crippen molar-refractivity contribution in [3.8, 4) is 17.2 Å². The standard InChI is InChI=1S/C30H30N2O4/c1-3-5-21-35-25-16-12-23(13-17-25)31-32-28-18-19-29(27-9-7-6-8-26(27)28)36-30(33)22-10-14-24(15-11-22)34-20-4-2/h6-19H,3-5,20-21H2,1-2H3. The molecule has 0 spiro atoms. The summed E-state index contributed by atoms with van der Waals surface area (Å²) in [5.74, 6) is 1.58. The molecule has 0 fully saturated rings. The fourth-order valence-electron chi connectivity index (χ4n) is 3.55. The first-order valence-corrected chi connectivity index (χ1v) is 12.3. The normalized spacial score (nSPS) is 11.1. The topological polar surface area (TPSA) is 69.5 Å². The minimum Gasteiger partial charge on any atom is -0.494 e. The predicted octanol–water partition coefficient (Wildman–Crippen LogP) is 8.44. The Balaban J connectivity index is 1.49. The average molecular weight is 483 g/mol. The van der Waals surface area contributed by atoms with Crippen molar-refractivity contribution in [2.24, 2.45) is 10.2 Å². The number of rotatable bonds is 11. The Morgan fingerprint density at radius 2 is 1.36 bits per heavy atom. The molecule has 0 amide bonds. The summed E-state index contributed by atoms with van der Waals surface area (Å²) in [4.78, 5) is 12.8. The van der Waals surface area contributed by atoms with Gasteiger partial charge in [0.1, 0.15) is 17.2 Å². The molecule has 36 heavy (non-hydrogen) atoms. The summed E-state index contributed by atoms with van der Waals surface area (Å²) in [6, 6.07) is 25.7. The van der Waals surface area contributed by atoms with Gasteiger partial charge in [-0.3, -0.25) is 0 Å². The Morgan fingerprint density at radius 3 is 2.06 bits per heavy atom. The van der Waals surface area contributed by atoms with Crippen LogP contribution >= 0.6 is 0 Å². The molecule has 0 aromatic heterocycles. The Morgan fingerprint density at radius 1 is 0.694 bits per heavy atom. The number of fused-ring (bicyclic) bond motifs is 1. The molecule has 4 aromatic carbocycles. The monoisotopic (exact) mass is 482 g/mol. The molecule has 0 aliphatic heterocycles. The summed E-state index contributed by atoms with van der Waals surface area (Å²) in [6.07, 6.45) is 3.05. The van der Waals surface area contributed by atoms with Gasteiger partial charge in [-0.2, -0.15) is 5.11 Å². The van der Waals surface area contributed by atoms with Crippen molar-refractivity contribution in [1.29, 1.82) is 0 Å². The van der Waals surface area contributed by atoms with Gasteiger partial charge in [0, 0.05) is 10.8 Å². The number of ether oxygens (including phenoxy) is 3. The maximum absolute atomic E-state index is 12.8. The highest BCUT2D eigenvalue weighted by atomic mass is 16.5. The smallest absolute Gasteiger partial charge is 0.343 e. The molecular formula is C30H30N2O4. The molecule has 0 unspecified atom stereocenters. The third-order valence-electron chi connectivity index (χ3n) is 5.50. The van der Waals surface area contributed by atoms with Gasteiger partial charge in [0.25, 0.3) is 0 Å². The minimum atomic E-state index is -0.433. The van der Waals surface area contributed by atoms with Crippen LogP contribution in [-0.2, 0) is 0 Å². The number of hydrogen-bond acceptors (Lipinski definition) is 6. The molecular weight excluding hydrogens is 452 g/mol. The van der Waals surface area contributed by atoms with E-state index < -0.39 is 5.97 Å². The van der Waals surface area contributed by atoms with Crippen LogP contribution in [0.4, 0.5) is 11.4 Å². The van der Waals surface area contributed by atoms with Gasteiger partial charge < -0.3 is 14.2 Å². The van der Waals surface area contributed by atoms with Crippen LogP contribution in [0.3, 0.4) is 0 Å². The van der Waals surface area contributed by atoms with Crippen LogP contribution in [0.1, 0.15) is 43.5 Å². The number of nitrogens with zero attached hydrogens (tertiary/aromatic N) is 2. The van der Waals surface area contributed by atoms with E-state index in [1.54, 1.807) is 36.4 Å². The molecule has 0 heterocycles. The molecule has 0 N–H and O–H groups in total. The van der Waals surface area contributed by atoms with Crippen molar-refractivity contribution in [1.82, 2.24) is 0 Å². The number of carbonyl (C=O) groups is 1. The molecule has 6 nitrogen and oxygen atoms in total. The first-order valence-electron chi connectivity index (χ1n) is 12.3. The molecule has 0 saturated carbocycles. The van der Waals surface area contributed by atoms with Crippen LogP contribution in [-0.4, -0.2) is 19.2 Å². The second kappa shape index (κ2) is 12.5. The molecule has 0 atom stereocenters. The van der Waals surface area contributed by atoms with Gasteiger partial charge in [-0.15, -0.1) is 5.11 Å². The van der Waals surface area contributed by atoms with Crippen LogP contribution in [0.2, 0.25) is 0 Å². The van der Waals surface area contributed by atoms with E-state index in [0.29, 0.717) is 30.2 Å². The molecule has 4 aromatic rings. The quantitative estimate of drug-likeness (QED) is 0.0930. The first kappa shape index (κ1) is 24.9. The van der Waals surface area contributed by atoms with Gasteiger partial charge in [0.05, 0.1) is 30.2 Å². The lowest BCUT2D eigenvalue weighted by Crippen LogP contribution is -2.08. The summed E-state index contributed by atoms with van der Waals surface area (Å²) in [7, 11) is 0. The summed E-state index contributed by atoms with van der Waals surface area (Å²) in [6.45, 7) is 5.53. The summed E-state index contributed by atoms with van der Waals surface area (Å²) >= 11 is 0. The molecule has 4 rings (SSSR count). The SMILES string of the molecule is CCCCOc1ccc(N=Nc2ccc(OC(=O)c3ccc(OCCC)cc3)c3ccccc23)cc1. The van der Waals surface area contributed by atoms with Crippen LogP contribution < -0.4 is 14.2 Å². The predicted molar refractivity (Wildman–Crippen MR) is 142 cm³/mol. The van der Waals surface area contributed by atoms with E-state index in [2.05, 4.69) is 17.2 Å². The van der Waals surface area contributed by atoms with E-state index in [9.17, 15) is 4.79 Å². The van der Waals surface area contributed by atoms with Crippen molar-refractivity contribution in [2.45, 2.75) is 33.1 Å². The molecule has 0 aliphatic carbocycles. The van der Waals surface area contributed by atoms with Crippen LogP contribution in [0.25, 0.3) is 10.8 Å². The highest BCUT2D eigenvalue weighted by Crippen LogP contribution is 2.34. The van der Waals surface area contributed by atoms with Crippen molar-refractivity contribution < 1.29 is 19.0 Å². The van der Waals surface area contributed by atoms with Crippen molar-refractivity contribution in [3.63, 3.8) is 0 Å². The molecule has 0 radical (unpaired) electrons. The van der Waals surface area contributed by atoms with Crippen molar-refractivity contribution in [2.75, 3.05) is 13.2 Å². The van der Waals surface area contributed by atoms with Crippen LogP contribution in [0, 0.1) is 0 Å². The van der Waals surface area contributed by atoms with E-state index in [1.165, 1.54) is 0 Å². The number of unbranched alkanes of at least 4 members (excludes halogenated alkanes) is 1. The highest BCUT2D eigenvalue weighted by molar-refractivity contribution is 5.99. The summed E-state index contributed by atoms with van der Waals surface area (Å²) in [5, 5.41) is 10.5. The Labute approximate surface area is 211 Å². The van der Waals surface area contributed by atoms with Crippen molar-refractivity contribution in [3.05, 3.63) is 90.5 Å². The second-order valence-electron chi connectivity index (χ2n) is 8.29. The van der Waals surface area contributed by atoms with Crippen molar-refractivity contribution >= 4 is 28.1 Å². The number of azo groups is 1. The number of esters is 1. The third kappa shape index (κ3) is 6.48. The van der Waals surface area contributed by atoms with Gasteiger partial charge in [0.2, 0.25) is 0 Å². The Kier molecular flexibility index (Phi) is 8.65. The third-order valence-corrected chi connectivity index (χ3v) is 5.50.